The largest absolute Gasteiger partial charge is 0.310 e. The number of hydrogen-bond donors (Lipinski definition) is 1. The van der Waals surface area contributed by atoms with E-state index in [1.165, 1.54) is 16.7 Å². The van der Waals surface area contributed by atoms with E-state index in [4.69, 9.17) is 0 Å². The van der Waals surface area contributed by atoms with Gasteiger partial charge in [-0.2, -0.15) is 0 Å². The van der Waals surface area contributed by atoms with Crippen LogP contribution in [0.25, 0.3) is 0 Å². The summed E-state index contributed by atoms with van der Waals surface area (Å²) in [7, 11) is 0. The van der Waals surface area contributed by atoms with Crippen LogP contribution in [0.1, 0.15) is 36.1 Å². The third-order valence-corrected chi connectivity index (χ3v) is 3.91. The summed E-state index contributed by atoms with van der Waals surface area (Å²) >= 11 is 3.57. The second-order valence-corrected chi connectivity index (χ2v) is 6.17. The zero-order chi connectivity index (χ0) is 14.4. The molecule has 0 bridgehead atoms. The summed E-state index contributed by atoms with van der Waals surface area (Å²) in [5, 5.41) is 3.66. The van der Waals surface area contributed by atoms with E-state index in [2.05, 4.69) is 83.6 Å². The summed E-state index contributed by atoms with van der Waals surface area (Å²) in [4.78, 5) is 0. The molecule has 0 fully saturated rings. The normalized spacial score (nSPS) is 12.3. The molecule has 1 atom stereocenters. The standard InChI is InChI=1S/C18H22BrN/c1-3-10-20-18(16-8-5-9-17(19)13-16)12-15-7-4-6-14(2)11-15/h4-9,11,13,18,20H,3,10,12H2,1-2H3. The molecule has 0 aliphatic heterocycles. The van der Waals surface area contributed by atoms with Crippen LogP contribution in [-0.2, 0) is 6.42 Å². The van der Waals surface area contributed by atoms with E-state index in [1.54, 1.807) is 0 Å². The lowest BCUT2D eigenvalue weighted by molar-refractivity contribution is 0.529. The minimum Gasteiger partial charge on any atom is -0.310 e. The molecule has 2 rings (SSSR count). The first kappa shape index (κ1) is 15.3. The molecule has 20 heavy (non-hydrogen) atoms. The zero-order valence-corrected chi connectivity index (χ0v) is 13.8. The molecule has 106 valence electrons. The van der Waals surface area contributed by atoms with Gasteiger partial charge in [-0.3, -0.25) is 0 Å². The molecule has 0 amide bonds. The summed E-state index contributed by atoms with van der Waals surface area (Å²) in [6, 6.07) is 17.7. The number of aryl methyl sites for hydroxylation is 1. The van der Waals surface area contributed by atoms with Crippen molar-refractivity contribution in [1.82, 2.24) is 5.32 Å². The Morgan fingerprint density at radius 1 is 1.10 bits per heavy atom. The predicted octanol–water partition coefficient (Wildman–Crippen LogP) is 5.04. The molecule has 2 heteroatoms. The molecule has 2 aromatic rings. The zero-order valence-electron chi connectivity index (χ0n) is 12.2. The Balaban J connectivity index is 2.19. The van der Waals surface area contributed by atoms with Crippen LogP contribution < -0.4 is 5.32 Å². The highest BCUT2D eigenvalue weighted by Gasteiger charge is 2.11. The first-order valence-electron chi connectivity index (χ1n) is 7.23. The van der Waals surface area contributed by atoms with E-state index >= 15 is 0 Å². The molecule has 0 heterocycles. The van der Waals surface area contributed by atoms with Gasteiger partial charge < -0.3 is 5.32 Å². The number of hydrogen-bond acceptors (Lipinski definition) is 1. The third-order valence-electron chi connectivity index (χ3n) is 3.41. The maximum Gasteiger partial charge on any atom is 0.0361 e. The van der Waals surface area contributed by atoms with Crippen molar-refractivity contribution in [2.75, 3.05) is 6.54 Å². The molecular formula is C18H22BrN. The maximum atomic E-state index is 3.66. The van der Waals surface area contributed by atoms with Crippen LogP contribution in [0.2, 0.25) is 0 Å². The molecule has 0 aliphatic carbocycles. The summed E-state index contributed by atoms with van der Waals surface area (Å²) in [5.74, 6) is 0. The molecular weight excluding hydrogens is 310 g/mol. The van der Waals surface area contributed by atoms with Crippen LogP contribution in [0.4, 0.5) is 0 Å². The fourth-order valence-electron chi connectivity index (χ4n) is 2.42. The molecule has 0 saturated heterocycles. The van der Waals surface area contributed by atoms with Gasteiger partial charge in [-0.1, -0.05) is 64.8 Å². The van der Waals surface area contributed by atoms with Crippen molar-refractivity contribution in [3.63, 3.8) is 0 Å². The van der Waals surface area contributed by atoms with E-state index in [1.807, 2.05) is 0 Å². The molecule has 1 nitrogen and oxygen atoms in total. The minimum atomic E-state index is 0.370. The van der Waals surface area contributed by atoms with Gasteiger partial charge in [0, 0.05) is 10.5 Å². The van der Waals surface area contributed by atoms with Crippen molar-refractivity contribution in [3.05, 3.63) is 69.7 Å². The quantitative estimate of drug-likeness (QED) is 0.781. The van der Waals surface area contributed by atoms with Crippen molar-refractivity contribution in [1.29, 1.82) is 0 Å². The molecule has 0 saturated carbocycles. The Morgan fingerprint density at radius 3 is 2.60 bits per heavy atom. The Labute approximate surface area is 130 Å². The van der Waals surface area contributed by atoms with Gasteiger partial charge in [0.25, 0.3) is 0 Å². The van der Waals surface area contributed by atoms with Crippen LogP contribution in [0.5, 0.6) is 0 Å². The fraction of sp³-hybridized carbons (Fsp3) is 0.333. The highest BCUT2D eigenvalue weighted by Crippen LogP contribution is 2.22. The van der Waals surface area contributed by atoms with Crippen molar-refractivity contribution >= 4 is 15.9 Å². The SMILES string of the molecule is CCCNC(Cc1cccc(C)c1)c1cccc(Br)c1. The highest BCUT2D eigenvalue weighted by atomic mass is 79.9. The topological polar surface area (TPSA) is 12.0 Å². The maximum absolute atomic E-state index is 3.66. The van der Waals surface area contributed by atoms with Crippen molar-refractivity contribution in [2.45, 2.75) is 32.7 Å². The highest BCUT2D eigenvalue weighted by molar-refractivity contribution is 9.10. The number of rotatable bonds is 6. The van der Waals surface area contributed by atoms with Gasteiger partial charge in [-0.05, 0) is 49.6 Å². The monoisotopic (exact) mass is 331 g/mol. The summed E-state index contributed by atoms with van der Waals surface area (Å²) in [6.07, 6.45) is 2.18. The molecule has 1 N–H and O–H groups in total. The van der Waals surface area contributed by atoms with Gasteiger partial charge in [0.05, 0.1) is 0 Å². The molecule has 0 aliphatic rings. The van der Waals surface area contributed by atoms with E-state index < -0.39 is 0 Å². The Bertz CT molecular complexity index is 551. The summed E-state index contributed by atoms with van der Waals surface area (Å²) in [5.41, 5.74) is 4.05. The molecule has 0 radical (unpaired) electrons. The molecule has 2 aromatic carbocycles. The first-order chi connectivity index (χ1) is 9.69. The van der Waals surface area contributed by atoms with Crippen molar-refractivity contribution < 1.29 is 0 Å². The fourth-order valence-corrected chi connectivity index (χ4v) is 2.84. The molecule has 1 unspecified atom stereocenters. The van der Waals surface area contributed by atoms with Crippen molar-refractivity contribution in [3.8, 4) is 0 Å². The van der Waals surface area contributed by atoms with Gasteiger partial charge >= 0.3 is 0 Å². The van der Waals surface area contributed by atoms with Crippen LogP contribution in [0, 0.1) is 6.92 Å². The lowest BCUT2D eigenvalue weighted by Gasteiger charge is -2.20. The summed E-state index contributed by atoms with van der Waals surface area (Å²) < 4.78 is 1.14. The number of halogens is 1. The minimum absolute atomic E-state index is 0.370. The van der Waals surface area contributed by atoms with Crippen molar-refractivity contribution in [2.24, 2.45) is 0 Å². The lowest BCUT2D eigenvalue weighted by Crippen LogP contribution is -2.24. The third kappa shape index (κ3) is 4.46. The van der Waals surface area contributed by atoms with Crippen LogP contribution in [0.15, 0.2) is 53.0 Å². The average Bonchev–Trinajstić information content (AvgIpc) is 2.43. The van der Waals surface area contributed by atoms with Gasteiger partial charge in [0.15, 0.2) is 0 Å². The first-order valence-corrected chi connectivity index (χ1v) is 8.02. The van der Waals surface area contributed by atoms with Crippen LogP contribution in [0.3, 0.4) is 0 Å². The van der Waals surface area contributed by atoms with Crippen LogP contribution in [-0.4, -0.2) is 6.54 Å². The number of nitrogens with one attached hydrogen (secondary N) is 1. The smallest absolute Gasteiger partial charge is 0.0361 e. The van der Waals surface area contributed by atoms with Gasteiger partial charge in [0.2, 0.25) is 0 Å². The number of benzene rings is 2. The van der Waals surface area contributed by atoms with Gasteiger partial charge in [-0.25, -0.2) is 0 Å². The van der Waals surface area contributed by atoms with Crippen LogP contribution >= 0.6 is 15.9 Å². The molecule has 0 spiro atoms. The predicted molar refractivity (Wildman–Crippen MR) is 90.1 cm³/mol. The van der Waals surface area contributed by atoms with E-state index in [-0.39, 0.29) is 0 Å². The Hall–Kier alpha value is -1.12. The second kappa shape index (κ2) is 7.61. The van der Waals surface area contributed by atoms with E-state index in [0.29, 0.717) is 6.04 Å². The van der Waals surface area contributed by atoms with Gasteiger partial charge in [0.1, 0.15) is 0 Å². The lowest BCUT2D eigenvalue weighted by atomic mass is 9.98. The van der Waals surface area contributed by atoms with E-state index in [0.717, 1.165) is 23.9 Å². The van der Waals surface area contributed by atoms with Gasteiger partial charge in [-0.15, -0.1) is 0 Å². The second-order valence-electron chi connectivity index (χ2n) is 5.25. The average molecular weight is 332 g/mol. The Kier molecular flexibility index (Phi) is 5.81. The molecule has 0 aromatic heterocycles. The van der Waals surface area contributed by atoms with E-state index in [9.17, 15) is 0 Å². The Morgan fingerprint density at radius 2 is 1.90 bits per heavy atom. The summed E-state index contributed by atoms with van der Waals surface area (Å²) in [6.45, 7) is 5.40.